The molecule has 3 heterocycles. The van der Waals surface area contributed by atoms with Crippen molar-refractivity contribution in [3.05, 3.63) is 87.5 Å². The van der Waals surface area contributed by atoms with Crippen LogP contribution in [0.15, 0.2) is 53.6 Å². The summed E-state index contributed by atoms with van der Waals surface area (Å²) in [5, 5.41) is 14.4. The normalized spacial score (nSPS) is 12.1. The van der Waals surface area contributed by atoms with Crippen LogP contribution in [0.1, 0.15) is 46.7 Å². The van der Waals surface area contributed by atoms with E-state index in [-0.39, 0.29) is 11.3 Å². The molecule has 0 radical (unpaired) electrons. The first-order valence-electron chi connectivity index (χ1n) is 10.5. The maximum absolute atomic E-state index is 14.5. The van der Waals surface area contributed by atoms with Crippen LogP contribution in [0, 0.1) is 12.7 Å². The number of nitrogens with one attached hydrogen (secondary N) is 1. The van der Waals surface area contributed by atoms with Crippen molar-refractivity contribution in [3.63, 3.8) is 0 Å². The third kappa shape index (κ3) is 4.67. The summed E-state index contributed by atoms with van der Waals surface area (Å²) in [6, 6.07) is 6.71. The zero-order chi connectivity index (χ0) is 25.3. The summed E-state index contributed by atoms with van der Waals surface area (Å²) in [6.07, 6.45) is 0.00228. The summed E-state index contributed by atoms with van der Waals surface area (Å²) < 4.78 is 43.1. The predicted molar refractivity (Wildman–Crippen MR) is 120 cm³/mol. The number of pyridine rings is 1. The van der Waals surface area contributed by atoms with Gasteiger partial charge in [-0.25, -0.2) is 17.9 Å². The first-order valence-corrected chi connectivity index (χ1v) is 10.5. The van der Waals surface area contributed by atoms with Gasteiger partial charge in [0.25, 0.3) is 17.9 Å². The maximum atomic E-state index is 14.5. The average Bonchev–Trinajstić information content (AvgIpc) is 3.25. The predicted octanol–water partition coefficient (Wildman–Crippen LogP) is 3.30. The number of benzene rings is 1. The van der Waals surface area contributed by atoms with Gasteiger partial charge in [0.2, 0.25) is 0 Å². The van der Waals surface area contributed by atoms with Crippen molar-refractivity contribution in [2.24, 2.45) is 7.05 Å². The van der Waals surface area contributed by atoms with Crippen LogP contribution in [0.4, 0.5) is 13.2 Å². The highest BCUT2D eigenvalue weighted by Crippen LogP contribution is 2.27. The number of amides is 1. The Bertz CT molecular complexity index is 1470. The largest absolute Gasteiger partial charge is 0.344 e. The Morgan fingerprint density at radius 1 is 1.11 bits per heavy atom. The summed E-state index contributed by atoms with van der Waals surface area (Å²) in [6.45, 7) is 3.25. The molecule has 0 aliphatic heterocycles. The molecule has 0 aliphatic rings. The SMILES string of the molecule is Cc1ncc(-n2nc(C(=O)N[C@H](C)c3cccc(C(F)F)c3F)ccc2=O)cc1-c1cnnn1C. The fourth-order valence-electron chi connectivity index (χ4n) is 3.57. The van der Waals surface area contributed by atoms with Crippen molar-refractivity contribution in [1.29, 1.82) is 0 Å². The minimum absolute atomic E-state index is 0.0957. The number of aryl methyl sites for hydroxylation is 2. The van der Waals surface area contributed by atoms with Crippen LogP contribution in [-0.2, 0) is 7.05 Å². The Morgan fingerprint density at radius 2 is 1.86 bits per heavy atom. The molecule has 4 aromatic rings. The lowest BCUT2D eigenvalue weighted by molar-refractivity contribution is 0.0932. The lowest BCUT2D eigenvalue weighted by Gasteiger charge is -2.17. The summed E-state index contributed by atoms with van der Waals surface area (Å²) in [7, 11) is 1.71. The molecule has 4 rings (SSSR count). The van der Waals surface area contributed by atoms with E-state index >= 15 is 0 Å². The smallest absolute Gasteiger partial charge is 0.272 e. The van der Waals surface area contributed by atoms with Crippen LogP contribution < -0.4 is 10.9 Å². The van der Waals surface area contributed by atoms with E-state index in [0.29, 0.717) is 22.6 Å². The molecular formula is C23H20F3N7O2. The third-order valence-electron chi connectivity index (χ3n) is 5.45. The number of hydrogen-bond acceptors (Lipinski definition) is 6. The highest BCUT2D eigenvalue weighted by atomic mass is 19.3. The number of carbonyl (C=O) groups excluding carboxylic acids is 1. The van der Waals surface area contributed by atoms with Crippen LogP contribution in [0.2, 0.25) is 0 Å². The molecular weight excluding hydrogens is 463 g/mol. The first-order chi connectivity index (χ1) is 16.7. The molecule has 9 nitrogen and oxygen atoms in total. The summed E-state index contributed by atoms with van der Waals surface area (Å²) in [5.41, 5.74) is 0.819. The molecule has 3 aromatic heterocycles. The van der Waals surface area contributed by atoms with E-state index in [0.717, 1.165) is 16.8 Å². The van der Waals surface area contributed by atoms with E-state index in [9.17, 15) is 22.8 Å². The quantitative estimate of drug-likeness (QED) is 0.451. The monoisotopic (exact) mass is 483 g/mol. The van der Waals surface area contributed by atoms with Crippen molar-refractivity contribution in [2.45, 2.75) is 26.3 Å². The standard InChI is InChI=1S/C23H20F3N7O2/c1-12-17(19-11-28-31-32(19)3)9-14(10-27-12)33-20(34)8-7-18(30-33)23(35)29-13(2)15-5-4-6-16(21(15)24)22(25)26/h4-11,13,22H,1-3H3,(H,29,35)/t13-/m1/s1. The molecule has 0 spiro atoms. The number of nitrogens with zero attached hydrogens (tertiary/aromatic N) is 6. The molecule has 0 bridgehead atoms. The van der Waals surface area contributed by atoms with E-state index in [4.69, 9.17) is 0 Å². The van der Waals surface area contributed by atoms with Gasteiger partial charge < -0.3 is 5.32 Å². The second-order valence-corrected chi connectivity index (χ2v) is 7.78. The van der Waals surface area contributed by atoms with Gasteiger partial charge in [0, 0.05) is 29.9 Å². The van der Waals surface area contributed by atoms with Gasteiger partial charge >= 0.3 is 0 Å². The molecule has 0 unspecified atom stereocenters. The van der Waals surface area contributed by atoms with Gasteiger partial charge in [-0.3, -0.25) is 14.6 Å². The highest BCUT2D eigenvalue weighted by molar-refractivity contribution is 5.92. The van der Waals surface area contributed by atoms with E-state index in [1.165, 1.54) is 31.3 Å². The molecule has 1 amide bonds. The minimum atomic E-state index is -2.99. The molecule has 1 N–H and O–H groups in total. The zero-order valence-electron chi connectivity index (χ0n) is 18.9. The van der Waals surface area contributed by atoms with Gasteiger partial charge in [0.1, 0.15) is 11.5 Å². The zero-order valence-corrected chi connectivity index (χ0v) is 18.9. The van der Waals surface area contributed by atoms with Crippen LogP contribution in [-0.4, -0.2) is 35.7 Å². The molecule has 180 valence electrons. The van der Waals surface area contributed by atoms with Crippen LogP contribution in [0.25, 0.3) is 16.9 Å². The van der Waals surface area contributed by atoms with Gasteiger partial charge in [-0.05, 0) is 26.0 Å². The van der Waals surface area contributed by atoms with Crippen molar-refractivity contribution >= 4 is 5.91 Å². The number of aromatic nitrogens is 6. The summed E-state index contributed by atoms with van der Waals surface area (Å²) >= 11 is 0. The molecule has 1 atom stereocenters. The number of rotatable bonds is 6. The van der Waals surface area contributed by atoms with E-state index in [1.807, 2.05) is 0 Å². The first kappa shape index (κ1) is 23.8. The number of halogens is 3. The topological polar surface area (TPSA) is 108 Å². The van der Waals surface area contributed by atoms with Gasteiger partial charge in [-0.1, -0.05) is 23.4 Å². The molecule has 0 aliphatic carbocycles. The van der Waals surface area contributed by atoms with E-state index in [2.05, 4.69) is 25.7 Å². The fraction of sp³-hybridized carbons (Fsp3) is 0.217. The lowest BCUT2D eigenvalue weighted by atomic mass is 10.0. The molecule has 12 heteroatoms. The number of alkyl halides is 2. The van der Waals surface area contributed by atoms with Crippen molar-refractivity contribution in [2.75, 3.05) is 0 Å². The second kappa shape index (κ2) is 9.49. The minimum Gasteiger partial charge on any atom is -0.344 e. The van der Waals surface area contributed by atoms with Crippen LogP contribution in [0.5, 0.6) is 0 Å². The summed E-state index contributed by atoms with van der Waals surface area (Å²) in [4.78, 5) is 29.7. The van der Waals surface area contributed by atoms with Crippen molar-refractivity contribution in [3.8, 4) is 16.9 Å². The lowest BCUT2D eigenvalue weighted by Crippen LogP contribution is -2.31. The molecule has 0 fully saturated rings. The van der Waals surface area contributed by atoms with Crippen LogP contribution in [0.3, 0.4) is 0 Å². The van der Waals surface area contributed by atoms with Gasteiger partial charge in [0.05, 0.1) is 35.4 Å². The van der Waals surface area contributed by atoms with Gasteiger partial charge in [0.15, 0.2) is 0 Å². The highest BCUT2D eigenvalue weighted by Gasteiger charge is 2.22. The van der Waals surface area contributed by atoms with Crippen molar-refractivity contribution in [1.82, 2.24) is 35.1 Å². The average molecular weight is 483 g/mol. The van der Waals surface area contributed by atoms with E-state index in [1.54, 1.807) is 30.9 Å². The third-order valence-corrected chi connectivity index (χ3v) is 5.45. The Morgan fingerprint density at radius 3 is 2.54 bits per heavy atom. The Hall–Kier alpha value is -4.35. The molecule has 0 saturated heterocycles. The molecule has 35 heavy (non-hydrogen) atoms. The Kier molecular flexibility index (Phi) is 6.45. The fourth-order valence-corrected chi connectivity index (χ4v) is 3.57. The van der Waals surface area contributed by atoms with Gasteiger partial charge in [-0.2, -0.15) is 9.78 Å². The van der Waals surface area contributed by atoms with Crippen molar-refractivity contribution < 1.29 is 18.0 Å². The Labute approximate surface area is 197 Å². The molecule has 0 saturated carbocycles. The molecule has 1 aromatic carbocycles. The maximum Gasteiger partial charge on any atom is 0.272 e. The number of carbonyl (C=O) groups is 1. The second-order valence-electron chi connectivity index (χ2n) is 7.78. The van der Waals surface area contributed by atoms with Crippen LogP contribution >= 0.6 is 0 Å². The van der Waals surface area contributed by atoms with Gasteiger partial charge in [-0.15, -0.1) is 5.10 Å². The van der Waals surface area contributed by atoms with E-state index < -0.39 is 35.3 Å². The summed E-state index contributed by atoms with van der Waals surface area (Å²) in [5.74, 6) is -1.81. The number of hydrogen-bond donors (Lipinski definition) is 1. The Balaban J connectivity index is 1.64.